The lowest BCUT2D eigenvalue weighted by Crippen LogP contribution is -2.37. The molecule has 1 aliphatic carbocycles. The molecule has 1 aromatic rings. The lowest BCUT2D eigenvalue weighted by atomic mass is 9.94. The van der Waals surface area contributed by atoms with Gasteiger partial charge in [-0.1, -0.05) is 19.9 Å². The number of aliphatic hydroxyl groups excluding tert-OH is 1. The van der Waals surface area contributed by atoms with E-state index in [1.165, 1.54) is 0 Å². The lowest BCUT2D eigenvalue weighted by Gasteiger charge is -2.27. The monoisotopic (exact) mass is 250 g/mol. The molecule has 1 aliphatic rings. The van der Waals surface area contributed by atoms with Gasteiger partial charge in [-0.3, -0.25) is 0 Å². The molecule has 2 rings (SSSR count). The van der Waals surface area contributed by atoms with Crippen molar-refractivity contribution in [2.45, 2.75) is 45.3 Å². The van der Waals surface area contributed by atoms with Crippen LogP contribution in [0.15, 0.2) is 18.2 Å². The van der Waals surface area contributed by atoms with Crippen LogP contribution in [0.3, 0.4) is 0 Å². The third kappa shape index (κ3) is 2.68. The van der Waals surface area contributed by atoms with Gasteiger partial charge in [0, 0.05) is 0 Å². The van der Waals surface area contributed by atoms with E-state index in [0.717, 1.165) is 29.7 Å². The third-order valence-electron chi connectivity index (χ3n) is 3.94. The predicted octanol–water partition coefficient (Wildman–Crippen LogP) is 2.45. The van der Waals surface area contributed by atoms with Crippen LogP contribution in [-0.4, -0.2) is 22.4 Å². The Hall–Kier alpha value is -1.06. The minimum Gasteiger partial charge on any atom is -0.491 e. The Balaban J connectivity index is 2.04. The molecule has 2 N–H and O–H groups in total. The number of aryl methyl sites for hydroxylation is 1. The molecule has 3 nitrogen and oxygen atoms in total. The maximum absolute atomic E-state index is 10.1. The topological polar surface area (TPSA) is 49.7 Å². The molecule has 1 aromatic carbocycles. The van der Waals surface area contributed by atoms with E-state index in [2.05, 4.69) is 0 Å². The van der Waals surface area contributed by atoms with Crippen LogP contribution in [0.2, 0.25) is 0 Å². The van der Waals surface area contributed by atoms with E-state index in [-0.39, 0.29) is 18.6 Å². The normalized spacial score (nSPS) is 21.8. The molecule has 0 fully saturated rings. The molecule has 100 valence electrons. The Kier molecular flexibility index (Phi) is 3.64. The zero-order valence-corrected chi connectivity index (χ0v) is 11.3. The third-order valence-corrected chi connectivity index (χ3v) is 3.94. The van der Waals surface area contributed by atoms with Crippen LogP contribution in [0.1, 0.15) is 44.4 Å². The van der Waals surface area contributed by atoms with E-state index in [9.17, 15) is 10.2 Å². The van der Waals surface area contributed by atoms with Crippen LogP contribution in [0.5, 0.6) is 5.75 Å². The number of fused-ring (bicyclic) bond motifs is 1. The average Bonchev–Trinajstić information content (AvgIpc) is 2.68. The highest BCUT2D eigenvalue weighted by Crippen LogP contribution is 2.33. The first kappa shape index (κ1) is 13.4. The van der Waals surface area contributed by atoms with Gasteiger partial charge in [-0.05, 0) is 48.9 Å². The van der Waals surface area contributed by atoms with Crippen molar-refractivity contribution in [3.05, 3.63) is 29.3 Å². The van der Waals surface area contributed by atoms with Gasteiger partial charge in [0.1, 0.15) is 12.4 Å². The molecule has 0 bridgehead atoms. The van der Waals surface area contributed by atoms with Crippen molar-refractivity contribution in [2.75, 3.05) is 6.61 Å². The van der Waals surface area contributed by atoms with Crippen molar-refractivity contribution < 1.29 is 14.9 Å². The second-order valence-corrected chi connectivity index (χ2v) is 5.72. The lowest BCUT2D eigenvalue weighted by molar-refractivity contribution is -0.0266. The molecule has 0 amide bonds. The van der Waals surface area contributed by atoms with Crippen molar-refractivity contribution >= 4 is 0 Å². The quantitative estimate of drug-likeness (QED) is 0.863. The molecule has 18 heavy (non-hydrogen) atoms. The van der Waals surface area contributed by atoms with Gasteiger partial charge in [0.15, 0.2) is 0 Å². The SMILES string of the molecule is CC(C)C(C)(O)COc1ccc2c(c1)CC[C@H]2O. The summed E-state index contributed by atoms with van der Waals surface area (Å²) in [5, 5.41) is 19.8. The van der Waals surface area contributed by atoms with Crippen molar-refractivity contribution in [3.63, 3.8) is 0 Å². The second kappa shape index (κ2) is 4.90. The highest BCUT2D eigenvalue weighted by molar-refractivity contribution is 5.39. The number of ether oxygens (including phenoxy) is 1. The molecular formula is C15H22O3. The van der Waals surface area contributed by atoms with E-state index < -0.39 is 5.60 Å². The number of benzene rings is 1. The van der Waals surface area contributed by atoms with Gasteiger partial charge in [0.2, 0.25) is 0 Å². The van der Waals surface area contributed by atoms with Crippen LogP contribution in [0, 0.1) is 5.92 Å². The first-order valence-electron chi connectivity index (χ1n) is 6.56. The van der Waals surface area contributed by atoms with Crippen LogP contribution >= 0.6 is 0 Å². The first-order chi connectivity index (χ1) is 8.40. The molecule has 0 spiro atoms. The van der Waals surface area contributed by atoms with Gasteiger partial charge in [-0.15, -0.1) is 0 Å². The van der Waals surface area contributed by atoms with Crippen molar-refractivity contribution in [1.29, 1.82) is 0 Å². The van der Waals surface area contributed by atoms with Crippen LogP contribution < -0.4 is 4.74 Å². The summed E-state index contributed by atoms with van der Waals surface area (Å²) in [4.78, 5) is 0. The van der Waals surface area contributed by atoms with Gasteiger partial charge in [-0.2, -0.15) is 0 Å². The Bertz CT molecular complexity index is 424. The summed E-state index contributed by atoms with van der Waals surface area (Å²) in [5.41, 5.74) is 1.35. The molecule has 3 heteroatoms. The minimum absolute atomic E-state index is 0.147. The van der Waals surface area contributed by atoms with Crippen LogP contribution in [0.4, 0.5) is 0 Å². The van der Waals surface area contributed by atoms with E-state index in [1.807, 2.05) is 32.0 Å². The molecule has 0 saturated carbocycles. The van der Waals surface area contributed by atoms with Gasteiger partial charge in [0.05, 0.1) is 11.7 Å². The van der Waals surface area contributed by atoms with Gasteiger partial charge < -0.3 is 14.9 Å². The minimum atomic E-state index is -0.821. The van der Waals surface area contributed by atoms with Gasteiger partial charge in [0.25, 0.3) is 0 Å². The van der Waals surface area contributed by atoms with E-state index in [1.54, 1.807) is 6.92 Å². The largest absolute Gasteiger partial charge is 0.491 e. The molecule has 1 unspecified atom stereocenters. The second-order valence-electron chi connectivity index (χ2n) is 5.72. The van der Waals surface area contributed by atoms with Gasteiger partial charge >= 0.3 is 0 Å². The summed E-state index contributed by atoms with van der Waals surface area (Å²) in [7, 11) is 0. The summed E-state index contributed by atoms with van der Waals surface area (Å²) in [6.07, 6.45) is 1.37. The number of aliphatic hydroxyl groups is 2. The van der Waals surface area contributed by atoms with E-state index in [0.29, 0.717) is 0 Å². The fraction of sp³-hybridized carbons (Fsp3) is 0.600. The first-order valence-corrected chi connectivity index (χ1v) is 6.56. The summed E-state index contributed by atoms with van der Waals surface area (Å²) < 4.78 is 5.66. The number of hydrogen-bond acceptors (Lipinski definition) is 3. The summed E-state index contributed by atoms with van der Waals surface area (Å²) in [6, 6.07) is 5.76. The Morgan fingerprint density at radius 1 is 1.44 bits per heavy atom. The molecule has 0 radical (unpaired) electrons. The Morgan fingerprint density at radius 2 is 2.17 bits per heavy atom. The van der Waals surface area contributed by atoms with E-state index >= 15 is 0 Å². The highest BCUT2D eigenvalue weighted by Gasteiger charge is 2.26. The summed E-state index contributed by atoms with van der Waals surface area (Å²) in [6.45, 7) is 6.02. The molecular weight excluding hydrogens is 228 g/mol. The van der Waals surface area contributed by atoms with Crippen molar-refractivity contribution in [3.8, 4) is 5.75 Å². The molecule has 0 heterocycles. The smallest absolute Gasteiger partial charge is 0.119 e. The zero-order chi connectivity index (χ0) is 13.3. The maximum Gasteiger partial charge on any atom is 0.119 e. The average molecular weight is 250 g/mol. The zero-order valence-electron chi connectivity index (χ0n) is 11.3. The number of hydrogen-bond donors (Lipinski definition) is 2. The van der Waals surface area contributed by atoms with Crippen LogP contribution in [-0.2, 0) is 6.42 Å². The fourth-order valence-corrected chi connectivity index (χ4v) is 2.06. The summed E-state index contributed by atoms with van der Waals surface area (Å²) in [5.74, 6) is 0.914. The molecule has 0 saturated heterocycles. The Morgan fingerprint density at radius 3 is 2.83 bits per heavy atom. The molecule has 2 atom stereocenters. The highest BCUT2D eigenvalue weighted by atomic mass is 16.5. The number of rotatable bonds is 4. The summed E-state index contributed by atoms with van der Waals surface area (Å²) >= 11 is 0. The van der Waals surface area contributed by atoms with Crippen LogP contribution in [0.25, 0.3) is 0 Å². The van der Waals surface area contributed by atoms with Crippen molar-refractivity contribution in [1.82, 2.24) is 0 Å². The Labute approximate surface area is 108 Å². The molecule has 0 aromatic heterocycles. The predicted molar refractivity (Wildman–Crippen MR) is 70.7 cm³/mol. The fourth-order valence-electron chi connectivity index (χ4n) is 2.06. The maximum atomic E-state index is 10.1. The van der Waals surface area contributed by atoms with Gasteiger partial charge in [-0.25, -0.2) is 0 Å². The standard InChI is InChI=1S/C15H22O3/c1-10(2)15(3,17)9-18-12-5-6-13-11(8-12)4-7-14(13)16/h5-6,8,10,14,16-17H,4,7,9H2,1-3H3/t14-,15?/m1/s1. The van der Waals surface area contributed by atoms with E-state index in [4.69, 9.17) is 4.74 Å². The molecule has 0 aliphatic heterocycles. The van der Waals surface area contributed by atoms with Crippen molar-refractivity contribution in [2.24, 2.45) is 5.92 Å².